The summed E-state index contributed by atoms with van der Waals surface area (Å²) in [6, 6.07) is 5.68. The molecule has 2 rings (SSSR count). The van der Waals surface area contributed by atoms with Crippen LogP contribution in [0.3, 0.4) is 0 Å². The van der Waals surface area contributed by atoms with E-state index >= 15 is 0 Å². The van der Waals surface area contributed by atoms with Crippen LogP contribution in [0, 0.1) is 24.7 Å². The van der Waals surface area contributed by atoms with Gasteiger partial charge in [-0.25, -0.2) is 0 Å². The molecule has 0 aliphatic carbocycles. The van der Waals surface area contributed by atoms with Gasteiger partial charge in [0.05, 0.1) is 0 Å². The minimum Gasteiger partial charge on any atom is -0.384 e. The van der Waals surface area contributed by atoms with E-state index in [-0.39, 0.29) is 12.5 Å². The Morgan fingerprint density at radius 3 is 2.90 bits per heavy atom. The molecule has 1 saturated heterocycles. The van der Waals surface area contributed by atoms with Gasteiger partial charge in [-0.15, -0.1) is 0 Å². The zero-order valence-electron chi connectivity index (χ0n) is 12.9. The number of likely N-dealkylation sites (tertiary alicyclic amines) is 1. The van der Waals surface area contributed by atoms with Crippen molar-refractivity contribution in [2.24, 2.45) is 5.92 Å². The van der Waals surface area contributed by atoms with Crippen LogP contribution in [-0.2, 0) is 0 Å². The normalized spacial score (nSPS) is 18.6. The Labute approximate surface area is 127 Å². The van der Waals surface area contributed by atoms with Gasteiger partial charge >= 0.3 is 0 Å². The predicted molar refractivity (Wildman–Crippen MR) is 84.1 cm³/mol. The molecule has 1 N–H and O–H groups in total. The third kappa shape index (κ3) is 4.34. The van der Waals surface area contributed by atoms with E-state index in [9.17, 15) is 4.79 Å². The lowest BCUT2D eigenvalue weighted by molar-refractivity contribution is 0.0760. The molecule has 0 radical (unpaired) electrons. The molecule has 1 aromatic rings. The Hall–Kier alpha value is -1.79. The Morgan fingerprint density at radius 2 is 2.14 bits per heavy atom. The molecule has 3 heteroatoms. The number of carbonyl (C=O) groups excluding carboxylic acids is 1. The van der Waals surface area contributed by atoms with Crippen LogP contribution in [0.5, 0.6) is 0 Å². The van der Waals surface area contributed by atoms with Gasteiger partial charge < -0.3 is 10.0 Å². The molecular weight excluding hydrogens is 262 g/mol. The van der Waals surface area contributed by atoms with Crippen LogP contribution < -0.4 is 0 Å². The number of aryl methyl sites for hydroxylation is 1. The van der Waals surface area contributed by atoms with Crippen LogP contribution in [0.1, 0.15) is 47.7 Å². The Balaban J connectivity index is 2.20. The summed E-state index contributed by atoms with van der Waals surface area (Å²) in [7, 11) is 0. The number of rotatable bonds is 1. The summed E-state index contributed by atoms with van der Waals surface area (Å²) < 4.78 is 0. The molecule has 21 heavy (non-hydrogen) atoms. The topological polar surface area (TPSA) is 40.5 Å². The summed E-state index contributed by atoms with van der Waals surface area (Å²) in [6.07, 6.45) is 3.36. The number of carbonyl (C=O) groups is 1. The van der Waals surface area contributed by atoms with Crippen LogP contribution in [0.4, 0.5) is 0 Å². The molecule has 3 nitrogen and oxygen atoms in total. The van der Waals surface area contributed by atoms with Gasteiger partial charge in [-0.05, 0) is 55.9 Å². The average Bonchev–Trinajstić information content (AvgIpc) is 2.68. The molecule has 1 aromatic carbocycles. The second kappa shape index (κ2) is 7.28. The van der Waals surface area contributed by atoms with Crippen LogP contribution in [0.25, 0.3) is 0 Å². The number of aliphatic hydroxyl groups is 1. The van der Waals surface area contributed by atoms with E-state index in [0.717, 1.165) is 37.1 Å². The summed E-state index contributed by atoms with van der Waals surface area (Å²) in [6.45, 7) is 5.73. The van der Waals surface area contributed by atoms with Crippen molar-refractivity contribution in [2.45, 2.75) is 33.1 Å². The molecule has 1 amide bonds. The number of hydrogen-bond donors (Lipinski definition) is 1. The largest absolute Gasteiger partial charge is 0.384 e. The highest BCUT2D eigenvalue weighted by Crippen LogP contribution is 2.19. The van der Waals surface area contributed by atoms with Crippen LogP contribution >= 0.6 is 0 Å². The van der Waals surface area contributed by atoms with Gasteiger partial charge in [0, 0.05) is 24.2 Å². The fraction of sp³-hybridized carbons (Fsp3) is 0.500. The van der Waals surface area contributed by atoms with Crippen molar-refractivity contribution in [3.05, 3.63) is 34.9 Å². The highest BCUT2D eigenvalue weighted by Gasteiger charge is 2.20. The van der Waals surface area contributed by atoms with Gasteiger partial charge in [0.1, 0.15) is 6.61 Å². The van der Waals surface area contributed by atoms with Crippen molar-refractivity contribution >= 4 is 5.91 Å². The van der Waals surface area contributed by atoms with Crippen LogP contribution in [0.15, 0.2) is 18.2 Å². The van der Waals surface area contributed by atoms with Crippen LogP contribution in [-0.4, -0.2) is 35.6 Å². The van der Waals surface area contributed by atoms with E-state index in [2.05, 4.69) is 18.8 Å². The summed E-state index contributed by atoms with van der Waals surface area (Å²) in [4.78, 5) is 14.6. The Morgan fingerprint density at radius 1 is 1.33 bits per heavy atom. The van der Waals surface area contributed by atoms with E-state index in [1.165, 1.54) is 6.42 Å². The number of benzene rings is 1. The number of nitrogens with zero attached hydrogens (tertiary/aromatic N) is 1. The quantitative estimate of drug-likeness (QED) is 0.806. The van der Waals surface area contributed by atoms with Crippen molar-refractivity contribution in [1.29, 1.82) is 0 Å². The first-order valence-corrected chi connectivity index (χ1v) is 7.61. The number of hydrogen-bond acceptors (Lipinski definition) is 2. The van der Waals surface area contributed by atoms with Gasteiger partial charge in [0.25, 0.3) is 5.91 Å². The van der Waals surface area contributed by atoms with Gasteiger partial charge in [-0.3, -0.25) is 4.79 Å². The maximum Gasteiger partial charge on any atom is 0.253 e. The maximum atomic E-state index is 12.7. The van der Waals surface area contributed by atoms with Crippen molar-refractivity contribution in [2.75, 3.05) is 19.7 Å². The fourth-order valence-corrected chi connectivity index (χ4v) is 2.77. The summed E-state index contributed by atoms with van der Waals surface area (Å²) in [5, 5.41) is 8.79. The van der Waals surface area contributed by atoms with E-state index in [1.807, 2.05) is 30.0 Å². The lowest BCUT2D eigenvalue weighted by atomic mass is 10.0. The molecule has 0 spiro atoms. The van der Waals surface area contributed by atoms with E-state index < -0.39 is 0 Å². The lowest BCUT2D eigenvalue weighted by Gasteiger charge is -2.21. The number of amides is 1. The summed E-state index contributed by atoms with van der Waals surface area (Å²) in [5.74, 6) is 6.31. The molecule has 1 aliphatic rings. The highest BCUT2D eigenvalue weighted by atomic mass is 16.2. The fourth-order valence-electron chi connectivity index (χ4n) is 2.77. The lowest BCUT2D eigenvalue weighted by Crippen LogP contribution is -2.32. The molecule has 0 saturated carbocycles. The summed E-state index contributed by atoms with van der Waals surface area (Å²) >= 11 is 0. The van der Waals surface area contributed by atoms with Gasteiger partial charge in [-0.1, -0.05) is 18.8 Å². The van der Waals surface area contributed by atoms with Gasteiger partial charge in [0.2, 0.25) is 0 Å². The maximum absolute atomic E-state index is 12.7. The molecule has 1 aliphatic heterocycles. The molecule has 0 aromatic heterocycles. The molecule has 0 bridgehead atoms. The standard InChI is InChI=1S/C18H23NO2/c1-14-5-3-8-19(9-7-14)18(21)17-12-15(2)11-16(13-17)6-4-10-20/h11-14,20H,3,5,7-10H2,1-2H3. The minimum absolute atomic E-state index is 0.0971. The molecule has 1 unspecified atom stereocenters. The average molecular weight is 285 g/mol. The predicted octanol–water partition coefficient (Wildman–Crippen LogP) is 2.60. The van der Waals surface area contributed by atoms with Crippen molar-refractivity contribution in [1.82, 2.24) is 4.90 Å². The second-order valence-electron chi connectivity index (χ2n) is 5.88. The minimum atomic E-state index is -0.165. The highest BCUT2D eigenvalue weighted by molar-refractivity contribution is 5.94. The van der Waals surface area contributed by atoms with E-state index in [4.69, 9.17) is 5.11 Å². The third-order valence-electron chi connectivity index (χ3n) is 3.94. The van der Waals surface area contributed by atoms with Crippen molar-refractivity contribution in [3.63, 3.8) is 0 Å². The number of aliphatic hydroxyl groups excluding tert-OH is 1. The van der Waals surface area contributed by atoms with E-state index in [1.54, 1.807) is 0 Å². The van der Waals surface area contributed by atoms with Crippen molar-refractivity contribution < 1.29 is 9.90 Å². The smallest absolute Gasteiger partial charge is 0.253 e. The third-order valence-corrected chi connectivity index (χ3v) is 3.94. The first-order valence-electron chi connectivity index (χ1n) is 7.61. The van der Waals surface area contributed by atoms with Gasteiger partial charge in [0.15, 0.2) is 0 Å². The second-order valence-corrected chi connectivity index (χ2v) is 5.88. The van der Waals surface area contributed by atoms with Gasteiger partial charge in [-0.2, -0.15) is 0 Å². The molecular formula is C18H23NO2. The Bertz CT molecular complexity index is 568. The zero-order chi connectivity index (χ0) is 15.2. The Kier molecular flexibility index (Phi) is 5.41. The molecule has 1 atom stereocenters. The van der Waals surface area contributed by atoms with Crippen LogP contribution in [0.2, 0.25) is 0 Å². The molecule has 1 heterocycles. The SMILES string of the molecule is Cc1cc(C#CCO)cc(C(=O)N2CCCC(C)CC2)c1. The van der Waals surface area contributed by atoms with E-state index in [0.29, 0.717) is 11.5 Å². The molecule has 112 valence electrons. The molecule has 1 fully saturated rings. The zero-order valence-corrected chi connectivity index (χ0v) is 12.9. The van der Waals surface area contributed by atoms with Crippen molar-refractivity contribution in [3.8, 4) is 11.8 Å². The first-order chi connectivity index (χ1) is 10.1. The summed E-state index contributed by atoms with van der Waals surface area (Å²) in [5.41, 5.74) is 2.51. The monoisotopic (exact) mass is 285 g/mol. The first kappa shape index (κ1) is 15.6.